The summed E-state index contributed by atoms with van der Waals surface area (Å²) < 4.78 is 0. The maximum absolute atomic E-state index is 12.8. The molecule has 32 heavy (non-hydrogen) atoms. The van der Waals surface area contributed by atoms with Gasteiger partial charge in [0.25, 0.3) is 0 Å². The number of aliphatic carboxylic acids is 1. The molecule has 0 saturated carbocycles. The van der Waals surface area contributed by atoms with Crippen LogP contribution in [0.3, 0.4) is 0 Å². The van der Waals surface area contributed by atoms with Crippen LogP contribution in [0, 0.1) is 0 Å². The van der Waals surface area contributed by atoms with E-state index in [2.05, 4.69) is 33.6 Å². The number of hydrogen-bond acceptors (Lipinski definition) is 8. The number of hydrogen-bond donors (Lipinski definition) is 9. The molecule has 0 aliphatic heterocycles. The Morgan fingerprint density at radius 2 is 1.47 bits per heavy atom. The van der Waals surface area contributed by atoms with Gasteiger partial charge in [0.05, 0.1) is 6.04 Å². The first-order chi connectivity index (χ1) is 14.9. The monoisotopic (exact) mass is 476 g/mol. The lowest BCUT2D eigenvalue weighted by Crippen LogP contribution is -2.57. The Morgan fingerprint density at radius 3 is 1.97 bits per heavy atom. The summed E-state index contributed by atoms with van der Waals surface area (Å²) in [4.78, 5) is 63.3. The van der Waals surface area contributed by atoms with E-state index in [1.165, 1.54) is 6.92 Å². The van der Waals surface area contributed by atoms with Crippen molar-refractivity contribution in [3.63, 3.8) is 0 Å². The van der Waals surface area contributed by atoms with Crippen LogP contribution in [-0.4, -0.2) is 77.1 Å². The van der Waals surface area contributed by atoms with Gasteiger partial charge in [-0.05, 0) is 26.2 Å². The van der Waals surface area contributed by atoms with E-state index >= 15 is 0 Å². The van der Waals surface area contributed by atoms with Crippen LogP contribution < -0.4 is 38.9 Å². The average molecular weight is 477 g/mol. The molecule has 0 aliphatic carbocycles. The predicted octanol–water partition coefficient (Wildman–Crippen LogP) is -3.88. The largest absolute Gasteiger partial charge is 0.480 e. The van der Waals surface area contributed by atoms with E-state index in [0.29, 0.717) is 0 Å². The van der Waals surface area contributed by atoms with Gasteiger partial charge in [0.1, 0.15) is 18.1 Å². The second-order valence-electron chi connectivity index (χ2n) is 6.93. The molecule has 0 aliphatic rings. The third kappa shape index (κ3) is 11.9. The number of amides is 4. The van der Waals surface area contributed by atoms with Crippen LogP contribution in [0.1, 0.15) is 32.6 Å². The Hall–Kier alpha value is -3.07. The fraction of sp³-hybridized carbons (Fsp3) is 0.647. The quantitative estimate of drug-likeness (QED) is 0.0483. The first-order valence-corrected chi connectivity index (χ1v) is 10.4. The third-order valence-corrected chi connectivity index (χ3v) is 4.55. The standard InChI is InChI=1S/C17H32N8O6S/c1-8(16(30)31)23-14(28)10(3-2-6-22-17(20)21)25-15(29)11(4-5-12(19)26)24-13(27)9(18)7-32/h8-11,32H,2-7,18H2,1H3,(H2,19,26)(H,23,28)(H,24,27)(H,25,29)(H,30,31)(H4,20,21,22). The summed E-state index contributed by atoms with van der Waals surface area (Å²) >= 11 is 3.92. The number of nitrogens with one attached hydrogen (secondary N) is 3. The molecule has 0 radical (unpaired) electrons. The number of carboxylic acids is 1. The van der Waals surface area contributed by atoms with Crippen molar-refractivity contribution in [2.75, 3.05) is 12.3 Å². The summed E-state index contributed by atoms with van der Waals surface area (Å²) in [6, 6.07) is -4.59. The molecule has 4 amide bonds. The molecule has 0 rings (SSSR count). The van der Waals surface area contributed by atoms with Crippen molar-refractivity contribution in [1.82, 2.24) is 16.0 Å². The number of nitrogens with zero attached hydrogens (tertiary/aromatic N) is 1. The van der Waals surface area contributed by atoms with Crippen LogP contribution in [0.5, 0.6) is 0 Å². The average Bonchev–Trinajstić information content (AvgIpc) is 2.71. The molecule has 0 bridgehead atoms. The lowest BCUT2D eigenvalue weighted by atomic mass is 10.1. The summed E-state index contributed by atoms with van der Waals surface area (Å²) in [7, 11) is 0. The molecular weight excluding hydrogens is 444 g/mol. The fourth-order valence-electron chi connectivity index (χ4n) is 2.34. The Morgan fingerprint density at radius 1 is 0.938 bits per heavy atom. The highest BCUT2D eigenvalue weighted by molar-refractivity contribution is 7.80. The minimum Gasteiger partial charge on any atom is -0.480 e. The summed E-state index contributed by atoms with van der Waals surface area (Å²) in [6.07, 6.45) is -0.0140. The molecule has 0 aromatic carbocycles. The van der Waals surface area contributed by atoms with Crippen LogP contribution in [0.2, 0.25) is 0 Å². The summed E-state index contributed by atoms with van der Waals surface area (Å²) in [6.45, 7) is 1.42. The second-order valence-corrected chi connectivity index (χ2v) is 7.30. The number of guanidine groups is 1. The minimum atomic E-state index is -1.27. The summed E-state index contributed by atoms with van der Waals surface area (Å²) in [5, 5.41) is 16.1. The molecule has 4 unspecified atom stereocenters. The van der Waals surface area contributed by atoms with Gasteiger partial charge in [-0.2, -0.15) is 12.6 Å². The number of carbonyl (C=O) groups excluding carboxylic acids is 4. The van der Waals surface area contributed by atoms with E-state index < -0.39 is 53.8 Å². The highest BCUT2D eigenvalue weighted by atomic mass is 32.1. The molecule has 0 aromatic rings. The van der Waals surface area contributed by atoms with Crippen molar-refractivity contribution in [3.8, 4) is 0 Å². The lowest BCUT2D eigenvalue weighted by Gasteiger charge is -2.24. The van der Waals surface area contributed by atoms with Crippen LogP contribution in [0.25, 0.3) is 0 Å². The smallest absolute Gasteiger partial charge is 0.325 e. The van der Waals surface area contributed by atoms with Gasteiger partial charge in [-0.25, -0.2) is 0 Å². The molecule has 0 aromatic heterocycles. The zero-order valence-electron chi connectivity index (χ0n) is 17.7. The number of rotatable bonds is 15. The van der Waals surface area contributed by atoms with Gasteiger partial charge in [-0.3, -0.25) is 29.0 Å². The topological polar surface area (TPSA) is 258 Å². The minimum absolute atomic E-state index is 0.0128. The zero-order chi connectivity index (χ0) is 24.8. The molecule has 0 heterocycles. The first kappa shape index (κ1) is 28.9. The van der Waals surface area contributed by atoms with E-state index in [0.717, 1.165) is 0 Å². The van der Waals surface area contributed by atoms with Gasteiger partial charge in [-0.15, -0.1) is 0 Å². The third-order valence-electron chi connectivity index (χ3n) is 4.15. The molecule has 15 heteroatoms. The van der Waals surface area contributed by atoms with Crippen LogP contribution in [0.4, 0.5) is 0 Å². The predicted molar refractivity (Wildman–Crippen MR) is 119 cm³/mol. The van der Waals surface area contributed by atoms with Crippen molar-refractivity contribution >= 4 is 48.2 Å². The van der Waals surface area contributed by atoms with Gasteiger partial charge >= 0.3 is 5.97 Å². The Bertz CT molecular complexity index is 715. The number of carboxylic acid groups (broad SMARTS) is 1. The first-order valence-electron chi connectivity index (χ1n) is 9.73. The van der Waals surface area contributed by atoms with Gasteiger partial charge in [0, 0.05) is 18.7 Å². The van der Waals surface area contributed by atoms with Gasteiger partial charge in [-0.1, -0.05) is 0 Å². The SMILES string of the molecule is CC(NC(=O)C(CCCN=C(N)N)NC(=O)C(CCC(N)=O)NC(=O)C(N)CS)C(=O)O. The second kappa shape index (κ2) is 14.9. The molecule has 0 spiro atoms. The van der Waals surface area contributed by atoms with Crippen molar-refractivity contribution in [2.45, 2.75) is 56.8 Å². The number of nitrogens with two attached hydrogens (primary N) is 4. The molecule has 4 atom stereocenters. The summed E-state index contributed by atoms with van der Waals surface area (Å²) in [5.41, 5.74) is 21.2. The Labute approximate surface area is 190 Å². The van der Waals surface area contributed by atoms with E-state index in [4.69, 9.17) is 28.0 Å². The fourth-order valence-corrected chi connectivity index (χ4v) is 2.50. The maximum Gasteiger partial charge on any atom is 0.325 e. The van der Waals surface area contributed by atoms with Crippen LogP contribution in [-0.2, 0) is 24.0 Å². The molecule has 12 N–H and O–H groups in total. The molecule has 0 fully saturated rings. The van der Waals surface area contributed by atoms with Crippen LogP contribution in [0.15, 0.2) is 4.99 Å². The maximum atomic E-state index is 12.8. The van der Waals surface area contributed by atoms with Gasteiger partial charge in [0.2, 0.25) is 23.6 Å². The van der Waals surface area contributed by atoms with Crippen molar-refractivity contribution in [3.05, 3.63) is 0 Å². The van der Waals surface area contributed by atoms with E-state index in [1.807, 2.05) is 0 Å². The normalized spacial score (nSPS) is 14.2. The number of carbonyl (C=O) groups is 5. The number of thiol groups is 1. The van der Waals surface area contributed by atoms with Crippen molar-refractivity contribution in [1.29, 1.82) is 0 Å². The highest BCUT2D eigenvalue weighted by Crippen LogP contribution is 2.04. The molecule has 14 nitrogen and oxygen atoms in total. The van der Waals surface area contributed by atoms with Crippen molar-refractivity contribution < 1.29 is 29.1 Å². The van der Waals surface area contributed by atoms with E-state index in [1.54, 1.807) is 0 Å². The molecule has 0 saturated heterocycles. The highest BCUT2D eigenvalue weighted by Gasteiger charge is 2.29. The van der Waals surface area contributed by atoms with E-state index in [-0.39, 0.29) is 43.9 Å². The summed E-state index contributed by atoms with van der Waals surface area (Å²) in [5.74, 6) is -4.32. The van der Waals surface area contributed by atoms with Gasteiger partial charge in [0.15, 0.2) is 5.96 Å². The van der Waals surface area contributed by atoms with E-state index in [9.17, 15) is 24.0 Å². The molecule has 182 valence electrons. The van der Waals surface area contributed by atoms with Crippen molar-refractivity contribution in [2.24, 2.45) is 27.9 Å². The molecular formula is C17H32N8O6S. The number of primary amides is 1. The van der Waals surface area contributed by atoms with Gasteiger partial charge < -0.3 is 44.0 Å². The lowest BCUT2D eigenvalue weighted by molar-refractivity contribution is -0.141. The number of aliphatic imine (C=N–C) groups is 1. The Kier molecular flexibility index (Phi) is 13.4. The van der Waals surface area contributed by atoms with Crippen LogP contribution >= 0.6 is 12.6 Å². The zero-order valence-corrected chi connectivity index (χ0v) is 18.6. The Balaban J connectivity index is 5.44.